The summed E-state index contributed by atoms with van der Waals surface area (Å²) in [6.07, 6.45) is 0. The summed E-state index contributed by atoms with van der Waals surface area (Å²) in [5.74, 6) is 0. The Morgan fingerprint density at radius 1 is 0.500 bits per heavy atom. The van der Waals surface area contributed by atoms with Gasteiger partial charge in [0.15, 0.2) is 0 Å². The van der Waals surface area contributed by atoms with Gasteiger partial charge in [-0.25, -0.2) is 24.3 Å². The molecule has 0 spiro atoms. The molecule has 0 fully saturated rings. The predicted molar refractivity (Wildman–Crippen MR) is 145 cm³/mol. The molecule has 5 rings (SSSR count). The molecule has 32 heavy (non-hydrogen) atoms. The van der Waals surface area contributed by atoms with Gasteiger partial charge in [0, 0.05) is 0 Å². The zero-order valence-corrected chi connectivity index (χ0v) is 22.9. The van der Waals surface area contributed by atoms with Crippen molar-refractivity contribution in [3.8, 4) is 0 Å². The van der Waals surface area contributed by atoms with Crippen LogP contribution in [0.2, 0.25) is 0 Å². The smallest absolute Gasteiger partial charge is 0.358 e. The van der Waals surface area contributed by atoms with Crippen molar-refractivity contribution in [2.45, 2.75) is 0 Å². The normalized spacial score (nSPS) is 10.4. The van der Waals surface area contributed by atoms with Crippen LogP contribution in [0.4, 0.5) is 0 Å². The van der Waals surface area contributed by atoms with Gasteiger partial charge in [0.05, 0.1) is 0 Å². The van der Waals surface area contributed by atoms with Crippen LogP contribution in [0.1, 0.15) is 11.1 Å². The van der Waals surface area contributed by atoms with E-state index < -0.39 is 0 Å². The molecule has 0 saturated carbocycles. The zero-order valence-electron chi connectivity index (χ0n) is 19.1. The summed E-state index contributed by atoms with van der Waals surface area (Å²) >= 11 is 3.61. The predicted octanol–water partition coefficient (Wildman–Crippen LogP) is 9.51. The van der Waals surface area contributed by atoms with Crippen LogP contribution < -0.4 is 0 Å². The fourth-order valence-electron chi connectivity index (χ4n) is 2.30. The maximum absolute atomic E-state index is 2.21. The average molecular weight is 544 g/mol. The molecular weight excluding hydrogens is 512 g/mol. The molecule has 1 aliphatic rings. The first kappa shape index (κ1) is 37.9. The standard InChI is InChI=1S/C14H10S2.2C5H5.4CH3.2Fe/c1-2-6-11(5-1)13-9-15-10-14(16-13)12-7-3-4-8-12;2*1-2-4-5-3-1;;;;;;/h1-10H;2*1-5H;4*1H3;;/q-2;6*-1;2*+4. The van der Waals surface area contributed by atoms with Gasteiger partial charge >= 0.3 is 34.1 Å². The van der Waals surface area contributed by atoms with Crippen molar-refractivity contribution in [2.24, 2.45) is 0 Å². The van der Waals surface area contributed by atoms with E-state index in [1.54, 1.807) is 11.8 Å². The topological polar surface area (TPSA) is 0 Å². The average Bonchev–Trinajstić information content (AvgIpc) is 3.50. The molecule has 0 atom stereocenters. The van der Waals surface area contributed by atoms with Crippen LogP contribution >= 0.6 is 23.5 Å². The Morgan fingerprint density at radius 3 is 1.12 bits per heavy atom. The van der Waals surface area contributed by atoms with Crippen molar-refractivity contribution in [1.82, 2.24) is 0 Å². The minimum absolute atomic E-state index is 0. The third kappa shape index (κ3) is 13.2. The maximum atomic E-state index is 2.21. The van der Waals surface area contributed by atoms with Crippen LogP contribution in [0.3, 0.4) is 0 Å². The Kier molecular flexibility index (Phi) is 27.0. The van der Waals surface area contributed by atoms with Gasteiger partial charge in [-0.15, -0.1) is 35.0 Å². The molecule has 0 nitrogen and oxygen atoms in total. The Morgan fingerprint density at radius 2 is 0.875 bits per heavy atom. The molecule has 1 aliphatic heterocycles. The number of hydrogen-bond acceptors (Lipinski definition) is 2. The number of rotatable bonds is 2. The third-order valence-corrected chi connectivity index (χ3v) is 5.76. The van der Waals surface area contributed by atoms with Crippen molar-refractivity contribution in [2.75, 3.05) is 0 Å². The van der Waals surface area contributed by atoms with Crippen molar-refractivity contribution in [1.29, 1.82) is 0 Å². The molecule has 4 heteroatoms. The summed E-state index contributed by atoms with van der Waals surface area (Å²) in [7, 11) is 0. The van der Waals surface area contributed by atoms with Gasteiger partial charge in [-0.3, -0.25) is 0 Å². The van der Waals surface area contributed by atoms with E-state index in [9.17, 15) is 0 Å². The molecule has 0 aromatic heterocycles. The van der Waals surface area contributed by atoms with E-state index in [-0.39, 0.29) is 63.8 Å². The quantitative estimate of drug-likeness (QED) is 0.182. The minimum Gasteiger partial charge on any atom is -0.358 e. The van der Waals surface area contributed by atoms with E-state index in [1.807, 2.05) is 72.4 Å². The number of hydrogen-bond donors (Lipinski definition) is 0. The van der Waals surface area contributed by atoms with Gasteiger partial charge in [0.1, 0.15) is 0 Å². The second kappa shape index (κ2) is 22.8. The molecule has 0 unspecified atom stereocenters. The van der Waals surface area contributed by atoms with Gasteiger partial charge in [0.2, 0.25) is 0 Å². The second-order valence-corrected chi connectivity index (χ2v) is 7.30. The van der Waals surface area contributed by atoms with E-state index in [1.165, 1.54) is 20.9 Å². The SMILES string of the molecule is C1=C(c2ccc[cH-]2)SC(c2ccc[cH-]2)=CS1.[CH3-].[CH3-].[CH3-].[CH3-].[Fe+4].[Fe+4].c1cc[cH-]c1.c1cc[cH-]c1. The van der Waals surface area contributed by atoms with Crippen molar-refractivity contribution in [3.05, 3.63) is 161 Å². The van der Waals surface area contributed by atoms with E-state index in [0.29, 0.717) is 0 Å². The van der Waals surface area contributed by atoms with E-state index in [4.69, 9.17) is 0 Å². The fourth-order valence-corrected chi connectivity index (χ4v) is 4.35. The molecule has 4 aromatic carbocycles. The Bertz CT molecular complexity index is 759. The van der Waals surface area contributed by atoms with Gasteiger partial charge < -0.3 is 29.7 Å². The van der Waals surface area contributed by atoms with Crippen LogP contribution in [0.25, 0.3) is 9.81 Å². The summed E-state index contributed by atoms with van der Waals surface area (Å²) in [5, 5.41) is 4.43. The molecule has 1 heterocycles. The van der Waals surface area contributed by atoms with Crippen LogP contribution in [-0.2, 0) is 34.1 Å². The molecule has 172 valence electrons. The van der Waals surface area contributed by atoms with Crippen molar-refractivity contribution >= 4 is 33.3 Å². The Balaban J connectivity index is -0.000000209. The van der Waals surface area contributed by atoms with E-state index in [2.05, 4.69) is 59.3 Å². The molecule has 0 radical (unpaired) electrons. The Labute approximate surface area is 227 Å². The monoisotopic (exact) mass is 544 g/mol. The molecular formula is C28H32Fe2S2. The summed E-state index contributed by atoms with van der Waals surface area (Å²) in [6, 6.07) is 37.0. The van der Waals surface area contributed by atoms with Gasteiger partial charge in [-0.1, -0.05) is 20.6 Å². The van der Waals surface area contributed by atoms with Crippen molar-refractivity contribution < 1.29 is 34.1 Å². The maximum Gasteiger partial charge on any atom is 4.00 e. The molecule has 0 saturated heterocycles. The van der Waals surface area contributed by atoms with Crippen molar-refractivity contribution in [3.63, 3.8) is 0 Å². The van der Waals surface area contributed by atoms with Gasteiger partial charge in [-0.05, 0) is 0 Å². The second-order valence-electron chi connectivity index (χ2n) is 5.47. The Hall–Kier alpha value is -1.38. The molecule has 0 bridgehead atoms. The largest absolute Gasteiger partial charge is 4.00 e. The summed E-state index contributed by atoms with van der Waals surface area (Å²) < 4.78 is 0. The van der Waals surface area contributed by atoms with Gasteiger partial charge in [-0.2, -0.15) is 84.6 Å². The van der Waals surface area contributed by atoms with Crippen LogP contribution in [0.15, 0.2) is 120 Å². The molecule has 0 N–H and O–H groups in total. The fraction of sp³-hybridized carbons (Fsp3) is 0. The van der Waals surface area contributed by atoms with E-state index >= 15 is 0 Å². The first-order valence-corrected chi connectivity index (χ1v) is 10.2. The number of thioether (sulfide) groups is 2. The first-order chi connectivity index (χ1) is 12.9. The van der Waals surface area contributed by atoms with E-state index in [0.717, 1.165) is 0 Å². The van der Waals surface area contributed by atoms with Crippen LogP contribution in [0.5, 0.6) is 0 Å². The summed E-state index contributed by atoms with van der Waals surface area (Å²) in [6.45, 7) is 0. The third-order valence-electron chi connectivity index (χ3n) is 3.58. The van der Waals surface area contributed by atoms with Gasteiger partial charge in [0.25, 0.3) is 0 Å². The van der Waals surface area contributed by atoms with Crippen LogP contribution in [-0.4, -0.2) is 0 Å². The molecule has 4 aromatic rings. The van der Waals surface area contributed by atoms with Crippen LogP contribution in [0, 0.1) is 29.7 Å². The first-order valence-electron chi connectivity index (χ1n) is 8.45. The molecule has 0 amide bonds. The summed E-state index contributed by atoms with van der Waals surface area (Å²) in [5.41, 5.74) is 2.63. The summed E-state index contributed by atoms with van der Waals surface area (Å²) in [4.78, 5) is 2.68. The molecule has 0 aliphatic carbocycles. The minimum atomic E-state index is 0. The zero-order chi connectivity index (χ0) is 17.9.